The second kappa shape index (κ2) is 3.82. The normalized spacial score (nSPS) is 14.3. The number of sulfonamides is 1. The van der Waals surface area contributed by atoms with Gasteiger partial charge in [0.05, 0.1) is 17.0 Å². The molecule has 0 aliphatic heterocycles. The first-order valence-corrected chi connectivity index (χ1v) is 7.00. The van der Waals surface area contributed by atoms with E-state index in [1.165, 1.54) is 6.20 Å². The van der Waals surface area contributed by atoms with Crippen molar-refractivity contribution < 1.29 is 12.6 Å². The van der Waals surface area contributed by atoms with E-state index in [2.05, 4.69) is 4.98 Å². The molecule has 1 aromatic heterocycles. The highest BCUT2D eigenvalue weighted by Gasteiger charge is 2.15. The van der Waals surface area contributed by atoms with Gasteiger partial charge in [0.2, 0.25) is 4.34 Å². The molecular formula is C5H8N2O3S3. The van der Waals surface area contributed by atoms with Crippen LogP contribution < -0.4 is 5.14 Å². The molecule has 13 heavy (non-hydrogen) atoms. The van der Waals surface area contributed by atoms with Gasteiger partial charge in [-0.25, -0.2) is 18.5 Å². The van der Waals surface area contributed by atoms with Crippen LogP contribution in [0.3, 0.4) is 0 Å². The lowest BCUT2D eigenvalue weighted by Crippen LogP contribution is -2.11. The van der Waals surface area contributed by atoms with Gasteiger partial charge in [-0.1, -0.05) is 18.3 Å². The zero-order valence-electron chi connectivity index (χ0n) is 6.76. The highest BCUT2D eigenvalue weighted by molar-refractivity contribution is 7.92. The third kappa shape index (κ3) is 2.56. The molecule has 0 saturated carbocycles. The minimum absolute atomic E-state index is 0.190. The fraction of sp³-hybridized carbons (Fsp3) is 0.400. The van der Waals surface area contributed by atoms with Crippen LogP contribution in [0, 0.1) is 0 Å². The van der Waals surface area contributed by atoms with Gasteiger partial charge in [-0.05, 0) is 0 Å². The summed E-state index contributed by atoms with van der Waals surface area (Å²) in [4.78, 5) is 3.57. The minimum Gasteiger partial charge on any atom is -0.253 e. The molecule has 0 spiro atoms. The summed E-state index contributed by atoms with van der Waals surface area (Å²) in [6.07, 6.45) is 1.28. The number of hydrogen-bond donors (Lipinski definition) is 1. The van der Waals surface area contributed by atoms with E-state index in [9.17, 15) is 12.6 Å². The highest BCUT2D eigenvalue weighted by atomic mass is 32.3. The van der Waals surface area contributed by atoms with Gasteiger partial charge in [0.25, 0.3) is 10.0 Å². The summed E-state index contributed by atoms with van der Waals surface area (Å²) >= 11 is 0.848. The number of nitrogens with zero attached hydrogens (tertiary/aromatic N) is 1. The number of nitrogens with two attached hydrogens (primary N) is 1. The Hall–Kier alpha value is -0.310. The Balaban J connectivity index is 3.07. The molecule has 1 unspecified atom stereocenters. The molecule has 0 saturated heterocycles. The molecular weight excluding hydrogens is 232 g/mol. The zero-order valence-corrected chi connectivity index (χ0v) is 9.21. The topological polar surface area (TPSA) is 90.1 Å². The van der Waals surface area contributed by atoms with Crippen LogP contribution in [0.2, 0.25) is 0 Å². The van der Waals surface area contributed by atoms with Gasteiger partial charge >= 0.3 is 0 Å². The summed E-state index contributed by atoms with van der Waals surface area (Å²) < 4.78 is 33.0. The molecule has 5 nitrogen and oxygen atoms in total. The molecule has 8 heteroatoms. The van der Waals surface area contributed by atoms with E-state index < -0.39 is 20.8 Å². The Morgan fingerprint density at radius 1 is 1.69 bits per heavy atom. The van der Waals surface area contributed by atoms with Crippen molar-refractivity contribution in [1.29, 1.82) is 0 Å². The largest absolute Gasteiger partial charge is 0.265 e. The van der Waals surface area contributed by atoms with Crippen LogP contribution in [-0.2, 0) is 20.8 Å². The molecule has 0 bridgehead atoms. The van der Waals surface area contributed by atoms with Crippen molar-refractivity contribution in [3.63, 3.8) is 0 Å². The average molecular weight is 240 g/mol. The molecule has 0 aliphatic carbocycles. The summed E-state index contributed by atoms with van der Waals surface area (Å²) in [5.74, 6) is 0.437. The van der Waals surface area contributed by atoms with Crippen molar-refractivity contribution >= 4 is 32.2 Å². The Labute approximate surface area is 82.5 Å². The van der Waals surface area contributed by atoms with E-state index in [4.69, 9.17) is 5.14 Å². The fourth-order valence-electron chi connectivity index (χ4n) is 0.623. The molecule has 1 aromatic rings. The van der Waals surface area contributed by atoms with Crippen molar-refractivity contribution in [3.05, 3.63) is 6.20 Å². The predicted octanol–water partition coefficient (Wildman–Crippen LogP) is -0.0820. The Kier molecular flexibility index (Phi) is 3.17. The molecule has 1 atom stereocenters. The van der Waals surface area contributed by atoms with E-state index in [0.717, 1.165) is 11.3 Å². The van der Waals surface area contributed by atoms with Crippen molar-refractivity contribution in [2.24, 2.45) is 5.14 Å². The number of hydrogen-bond acceptors (Lipinski definition) is 5. The van der Waals surface area contributed by atoms with E-state index in [0.29, 0.717) is 9.96 Å². The van der Waals surface area contributed by atoms with E-state index in [1.807, 2.05) is 0 Å². The van der Waals surface area contributed by atoms with Crippen LogP contribution in [0.15, 0.2) is 14.7 Å². The highest BCUT2D eigenvalue weighted by Crippen LogP contribution is 2.19. The third-order valence-corrected chi connectivity index (χ3v) is 5.21. The standard InChI is InChI=1S/C5H8N2O3S3/c1-2-12(8)4-3-7-5(11-4)13(6,9)10/h3H,2H2,1H3,(H2,6,9,10). The summed E-state index contributed by atoms with van der Waals surface area (Å²) in [5, 5.41) is 4.83. The summed E-state index contributed by atoms with van der Waals surface area (Å²) in [5.41, 5.74) is 0. The van der Waals surface area contributed by atoms with Crippen LogP contribution in [-0.4, -0.2) is 23.4 Å². The van der Waals surface area contributed by atoms with Gasteiger partial charge in [-0.15, -0.1) is 0 Å². The average Bonchev–Trinajstić information content (AvgIpc) is 2.50. The molecule has 0 radical (unpaired) electrons. The van der Waals surface area contributed by atoms with Gasteiger partial charge in [-0.3, -0.25) is 4.21 Å². The Morgan fingerprint density at radius 2 is 2.31 bits per heavy atom. The monoisotopic (exact) mass is 240 g/mol. The Morgan fingerprint density at radius 3 is 2.69 bits per heavy atom. The van der Waals surface area contributed by atoms with Crippen molar-refractivity contribution in [2.45, 2.75) is 15.5 Å². The molecule has 0 aromatic carbocycles. The lowest BCUT2D eigenvalue weighted by Gasteiger charge is -1.89. The third-order valence-electron chi connectivity index (χ3n) is 1.19. The van der Waals surface area contributed by atoms with E-state index in [-0.39, 0.29) is 4.34 Å². The van der Waals surface area contributed by atoms with E-state index >= 15 is 0 Å². The first-order chi connectivity index (χ1) is 5.95. The van der Waals surface area contributed by atoms with Crippen molar-refractivity contribution in [1.82, 2.24) is 4.98 Å². The molecule has 0 amide bonds. The maximum atomic E-state index is 11.2. The fourth-order valence-corrected chi connectivity index (χ4v) is 3.51. The Bertz CT molecular complexity index is 422. The molecule has 1 rings (SSSR count). The zero-order chi connectivity index (χ0) is 10.1. The van der Waals surface area contributed by atoms with Gasteiger partial charge in [0.1, 0.15) is 4.21 Å². The molecule has 0 aliphatic rings. The minimum atomic E-state index is -3.75. The van der Waals surface area contributed by atoms with Crippen LogP contribution in [0.4, 0.5) is 0 Å². The number of aromatic nitrogens is 1. The predicted molar refractivity (Wildman–Crippen MR) is 50.4 cm³/mol. The van der Waals surface area contributed by atoms with Crippen LogP contribution in [0.5, 0.6) is 0 Å². The molecule has 74 valence electrons. The summed E-state index contributed by atoms with van der Waals surface area (Å²) in [6.45, 7) is 1.74. The first kappa shape index (κ1) is 10.8. The summed E-state index contributed by atoms with van der Waals surface area (Å²) in [7, 11) is -4.92. The van der Waals surface area contributed by atoms with E-state index in [1.54, 1.807) is 6.92 Å². The van der Waals surface area contributed by atoms with Gasteiger partial charge in [0.15, 0.2) is 0 Å². The number of primary sulfonamides is 1. The van der Waals surface area contributed by atoms with Gasteiger partial charge in [0, 0.05) is 5.75 Å². The van der Waals surface area contributed by atoms with Gasteiger partial charge in [-0.2, -0.15) is 0 Å². The smallest absolute Gasteiger partial charge is 0.253 e. The quantitative estimate of drug-likeness (QED) is 0.800. The van der Waals surface area contributed by atoms with Crippen LogP contribution >= 0.6 is 11.3 Å². The van der Waals surface area contributed by atoms with Crippen LogP contribution in [0.25, 0.3) is 0 Å². The van der Waals surface area contributed by atoms with Gasteiger partial charge < -0.3 is 0 Å². The first-order valence-electron chi connectivity index (χ1n) is 3.32. The van der Waals surface area contributed by atoms with Crippen LogP contribution in [0.1, 0.15) is 6.92 Å². The maximum absolute atomic E-state index is 11.2. The second-order valence-electron chi connectivity index (χ2n) is 2.12. The second-order valence-corrected chi connectivity index (χ2v) is 6.86. The molecule has 1 heterocycles. The van der Waals surface area contributed by atoms with Crippen molar-refractivity contribution in [2.75, 3.05) is 5.75 Å². The lowest BCUT2D eigenvalue weighted by atomic mass is 11.0. The molecule has 0 fully saturated rings. The number of thiazole rings is 1. The number of rotatable bonds is 3. The summed E-state index contributed by atoms with van der Waals surface area (Å²) in [6, 6.07) is 0. The SMILES string of the molecule is CCS(=O)c1cnc(S(N)(=O)=O)s1. The molecule has 2 N–H and O–H groups in total. The lowest BCUT2D eigenvalue weighted by molar-refractivity contribution is 0.597. The maximum Gasteiger partial charge on any atom is 0.265 e. The van der Waals surface area contributed by atoms with Crippen molar-refractivity contribution in [3.8, 4) is 0 Å².